The molecular weight excluding hydrogens is 314 g/mol. The first kappa shape index (κ1) is 15.5. The number of nitrogens with zero attached hydrogens (tertiary/aromatic N) is 1. The molecule has 2 aliphatic heterocycles. The monoisotopic (exact) mass is 337 g/mol. The summed E-state index contributed by atoms with van der Waals surface area (Å²) in [6, 6.07) is 3.79. The zero-order chi connectivity index (χ0) is 16.9. The van der Waals surface area contributed by atoms with Crippen molar-refractivity contribution in [3.63, 3.8) is 0 Å². The van der Waals surface area contributed by atoms with E-state index in [0.717, 1.165) is 48.9 Å². The van der Waals surface area contributed by atoms with Gasteiger partial charge in [-0.05, 0) is 37.3 Å². The molecule has 0 bridgehead atoms. The van der Waals surface area contributed by atoms with E-state index in [1.807, 2.05) is 0 Å². The molecular formula is C20H23NO2Si. The quantitative estimate of drug-likeness (QED) is 0.417. The highest BCUT2D eigenvalue weighted by Crippen LogP contribution is 2.40. The first-order chi connectivity index (χ1) is 11.4. The van der Waals surface area contributed by atoms with Crippen LogP contribution in [0.5, 0.6) is 0 Å². The molecule has 3 nitrogen and oxygen atoms in total. The van der Waals surface area contributed by atoms with Crippen LogP contribution in [0.25, 0.3) is 11.0 Å². The summed E-state index contributed by atoms with van der Waals surface area (Å²) >= 11 is 0. The maximum absolute atomic E-state index is 12.1. The van der Waals surface area contributed by atoms with Gasteiger partial charge in [0, 0.05) is 41.4 Å². The molecule has 0 N–H and O–H groups in total. The smallest absolute Gasteiger partial charge is 0.337 e. The number of anilines is 1. The van der Waals surface area contributed by atoms with Gasteiger partial charge < -0.3 is 9.32 Å². The molecule has 0 fully saturated rings. The van der Waals surface area contributed by atoms with E-state index in [4.69, 9.17) is 4.42 Å². The normalized spacial score (nSPS) is 16.5. The number of fused-ring (bicyclic) bond motifs is 2. The molecule has 3 heterocycles. The third-order valence-electron chi connectivity index (χ3n) is 4.80. The van der Waals surface area contributed by atoms with E-state index in [2.05, 4.69) is 42.1 Å². The molecule has 0 saturated heterocycles. The molecule has 124 valence electrons. The third kappa shape index (κ3) is 2.67. The SMILES string of the molecule is C[Si](C)(C)C#Cc1cc(=O)oc2c3c4c(cc12)CCCN4CCC3. The van der Waals surface area contributed by atoms with Crippen LogP contribution in [0.3, 0.4) is 0 Å². The summed E-state index contributed by atoms with van der Waals surface area (Å²) in [5.41, 5.74) is 8.67. The van der Waals surface area contributed by atoms with Crippen LogP contribution in [0.1, 0.15) is 29.5 Å². The summed E-state index contributed by atoms with van der Waals surface area (Å²) in [5.74, 6) is 3.29. The fourth-order valence-corrected chi connectivity index (χ4v) is 4.34. The fraction of sp³-hybridized carbons (Fsp3) is 0.450. The van der Waals surface area contributed by atoms with Crippen molar-refractivity contribution < 1.29 is 4.42 Å². The first-order valence-corrected chi connectivity index (χ1v) is 12.3. The second-order valence-corrected chi connectivity index (χ2v) is 12.7. The van der Waals surface area contributed by atoms with Crippen LogP contribution in [-0.2, 0) is 12.8 Å². The Labute approximate surface area is 143 Å². The first-order valence-electron chi connectivity index (χ1n) is 8.83. The Hall–Kier alpha value is -1.99. The van der Waals surface area contributed by atoms with Crippen LogP contribution in [0.4, 0.5) is 5.69 Å². The zero-order valence-electron chi connectivity index (χ0n) is 14.7. The lowest BCUT2D eigenvalue weighted by molar-refractivity contribution is 0.549. The van der Waals surface area contributed by atoms with Crippen molar-refractivity contribution in [2.45, 2.75) is 45.3 Å². The Balaban J connectivity index is 2.03. The molecule has 2 aromatic rings. The highest BCUT2D eigenvalue weighted by atomic mass is 28.3. The van der Waals surface area contributed by atoms with Gasteiger partial charge in [0.15, 0.2) is 0 Å². The van der Waals surface area contributed by atoms with Gasteiger partial charge in [-0.25, -0.2) is 4.79 Å². The van der Waals surface area contributed by atoms with E-state index < -0.39 is 8.07 Å². The van der Waals surface area contributed by atoms with Gasteiger partial charge in [-0.1, -0.05) is 25.6 Å². The molecule has 0 unspecified atom stereocenters. The average Bonchev–Trinajstić information content (AvgIpc) is 2.53. The van der Waals surface area contributed by atoms with E-state index >= 15 is 0 Å². The lowest BCUT2D eigenvalue weighted by Gasteiger charge is -2.37. The summed E-state index contributed by atoms with van der Waals surface area (Å²) in [5, 5.41) is 1.03. The highest BCUT2D eigenvalue weighted by Gasteiger charge is 2.27. The van der Waals surface area contributed by atoms with Crippen LogP contribution >= 0.6 is 0 Å². The second kappa shape index (κ2) is 5.53. The van der Waals surface area contributed by atoms with E-state index in [9.17, 15) is 4.79 Å². The van der Waals surface area contributed by atoms with Gasteiger partial charge in [0.25, 0.3) is 0 Å². The molecule has 0 saturated carbocycles. The second-order valence-electron chi connectivity index (χ2n) is 7.91. The highest BCUT2D eigenvalue weighted by molar-refractivity contribution is 6.83. The standard InChI is InChI=1S/C20H23NO2Si/c1-24(2,3)11-8-14-13-18(22)23-20-16-7-5-10-21-9-4-6-15(19(16)21)12-17(14)20/h12-13H,4-7,9-10H2,1-3H3. The Morgan fingerprint density at radius 3 is 2.62 bits per heavy atom. The van der Waals surface area contributed by atoms with Crippen LogP contribution in [-0.4, -0.2) is 21.2 Å². The minimum absolute atomic E-state index is 0.286. The number of aryl methyl sites for hydroxylation is 2. The molecule has 0 atom stereocenters. The van der Waals surface area contributed by atoms with Crippen molar-refractivity contribution in [1.29, 1.82) is 0 Å². The largest absolute Gasteiger partial charge is 0.422 e. The number of rotatable bonds is 0. The van der Waals surface area contributed by atoms with Crippen LogP contribution in [0.2, 0.25) is 19.6 Å². The number of hydrogen-bond acceptors (Lipinski definition) is 3. The summed E-state index contributed by atoms with van der Waals surface area (Å²) < 4.78 is 5.67. The van der Waals surface area contributed by atoms with E-state index in [1.165, 1.54) is 23.2 Å². The minimum atomic E-state index is -1.50. The van der Waals surface area contributed by atoms with Crippen molar-refractivity contribution in [3.05, 3.63) is 39.2 Å². The summed E-state index contributed by atoms with van der Waals surface area (Å²) in [4.78, 5) is 14.6. The Kier molecular flexibility index (Phi) is 3.58. The van der Waals surface area contributed by atoms with Gasteiger partial charge in [-0.15, -0.1) is 5.54 Å². The van der Waals surface area contributed by atoms with E-state index in [-0.39, 0.29) is 5.63 Å². The molecule has 24 heavy (non-hydrogen) atoms. The third-order valence-corrected chi connectivity index (χ3v) is 5.67. The van der Waals surface area contributed by atoms with Gasteiger partial charge in [-0.3, -0.25) is 0 Å². The van der Waals surface area contributed by atoms with Crippen LogP contribution in [0.15, 0.2) is 21.3 Å². The number of benzene rings is 1. The fourth-order valence-electron chi connectivity index (χ4n) is 3.83. The molecule has 1 aromatic heterocycles. The van der Waals surface area contributed by atoms with Crippen molar-refractivity contribution in [2.75, 3.05) is 18.0 Å². The summed E-state index contributed by atoms with van der Waals surface area (Å²) in [6.07, 6.45) is 4.42. The molecule has 0 spiro atoms. The average molecular weight is 337 g/mol. The molecule has 4 heteroatoms. The predicted octanol–water partition coefficient (Wildman–Crippen LogP) is 3.72. The number of hydrogen-bond donors (Lipinski definition) is 0. The summed E-state index contributed by atoms with van der Waals surface area (Å²) in [6.45, 7) is 8.89. The molecule has 4 rings (SSSR count). The van der Waals surface area contributed by atoms with Crippen molar-refractivity contribution in [2.24, 2.45) is 0 Å². The Morgan fingerprint density at radius 1 is 1.12 bits per heavy atom. The Morgan fingerprint density at radius 2 is 1.88 bits per heavy atom. The molecule has 0 aliphatic carbocycles. The maximum atomic E-state index is 12.1. The van der Waals surface area contributed by atoms with Crippen molar-refractivity contribution >= 4 is 24.7 Å². The maximum Gasteiger partial charge on any atom is 0.337 e. The van der Waals surface area contributed by atoms with Crippen LogP contribution in [0, 0.1) is 11.5 Å². The van der Waals surface area contributed by atoms with Gasteiger partial charge >= 0.3 is 5.63 Å². The molecule has 0 radical (unpaired) electrons. The van der Waals surface area contributed by atoms with Crippen LogP contribution < -0.4 is 10.5 Å². The lowest BCUT2D eigenvalue weighted by Crippen LogP contribution is -2.34. The predicted molar refractivity (Wildman–Crippen MR) is 102 cm³/mol. The van der Waals surface area contributed by atoms with E-state index in [1.54, 1.807) is 6.07 Å². The van der Waals surface area contributed by atoms with Gasteiger partial charge in [0.05, 0.1) is 0 Å². The van der Waals surface area contributed by atoms with E-state index in [0.29, 0.717) is 0 Å². The van der Waals surface area contributed by atoms with Gasteiger partial charge in [-0.2, -0.15) is 0 Å². The summed E-state index contributed by atoms with van der Waals surface area (Å²) in [7, 11) is -1.50. The van der Waals surface area contributed by atoms with Gasteiger partial charge in [0.2, 0.25) is 0 Å². The van der Waals surface area contributed by atoms with Crippen molar-refractivity contribution in [3.8, 4) is 11.5 Å². The molecule has 0 amide bonds. The minimum Gasteiger partial charge on any atom is -0.422 e. The topological polar surface area (TPSA) is 33.5 Å². The molecule has 1 aromatic carbocycles. The lowest BCUT2D eigenvalue weighted by atomic mass is 9.89. The van der Waals surface area contributed by atoms with Gasteiger partial charge in [0.1, 0.15) is 13.7 Å². The zero-order valence-corrected chi connectivity index (χ0v) is 15.7. The van der Waals surface area contributed by atoms with Crippen molar-refractivity contribution in [1.82, 2.24) is 0 Å². The Bertz CT molecular complexity index is 938. The molecule has 2 aliphatic rings.